The maximum Gasteiger partial charge on any atom is 0.0642 e. The minimum Gasteiger partial charge on any atom is -0.397 e. The Bertz CT molecular complexity index is 502. The summed E-state index contributed by atoms with van der Waals surface area (Å²) in [6, 6.07) is 8.08. The molecule has 0 unspecified atom stereocenters. The van der Waals surface area contributed by atoms with Gasteiger partial charge in [-0.15, -0.1) is 0 Å². The third-order valence-corrected chi connectivity index (χ3v) is 2.67. The van der Waals surface area contributed by atoms with E-state index < -0.39 is 0 Å². The van der Waals surface area contributed by atoms with Crippen molar-refractivity contribution in [2.45, 2.75) is 13.3 Å². The predicted octanol–water partition coefficient (Wildman–Crippen LogP) is 1.97. The number of benzene rings is 1. The number of aromatic nitrogens is 2. The minimum absolute atomic E-state index is 0.797. The van der Waals surface area contributed by atoms with Gasteiger partial charge in [0.25, 0.3) is 0 Å². The van der Waals surface area contributed by atoms with Gasteiger partial charge in [-0.3, -0.25) is 4.68 Å². The van der Waals surface area contributed by atoms with Crippen LogP contribution in [0.15, 0.2) is 30.5 Å². The topological polar surface area (TPSA) is 55.9 Å². The maximum atomic E-state index is 5.92. The smallest absolute Gasteiger partial charge is 0.0642 e. The van der Waals surface area contributed by atoms with Crippen LogP contribution in [-0.4, -0.2) is 16.3 Å². The number of nitrogens with one attached hydrogen (secondary N) is 1. The molecule has 90 valence electrons. The molecule has 1 aromatic heterocycles. The summed E-state index contributed by atoms with van der Waals surface area (Å²) in [5.41, 5.74) is 9.98. The fourth-order valence-corrected chi connectivity index (χ4v) is 1.76. The Morgan fingerprint density at radius 1 is 1.35 bits per heavy atom. The first-order valence-electron chi connectivity index (χ1n) is 5.73. The molecule has 1 heterocycles. The van der Waals surface area contributed by atoms with Crippen LogP contribution in [0.5, 0.6) is 0 Å². The largest absolute Gasteiger partial charge is 0.397 e. The van der Waals surface area contributed by atoms with E-state index in [1.807, 2.05) is 43.0 Å². The molecule has 1 aromatic carbocycles. The van der Waals surface area contributed by atoms with Gasteiger partial charge in [0.1, 0.15) is 0 Å². The lowest BCUT2D eigenvalue weighted by Crippen LogP contribution is -2.07. The summed E-state index contributed by atoms with van der Waals surface area (Å²) >= 11 is 0. The quantitative estimate of drug-likeness (QED) is 0.789. The molecule has 4 heteroatoms. The van der Waals surface area contributed by atoms with Crippen LogP contribution in [-0.2, 0) is 13.5 Å². The highest BCUT2D eigenvalue weighted by Crippen LogP contribution is 2.19. The third-order valence-electron chi connectivity index (χ3n) is 2.67. The number of rotatable bonds is 4. The van der Waals surface area contributed by atoms with Gasteiger partial charge in [-0.1, -0.05) is 6.07 Å². The van der Waals surface area contributed by atoms with Crippen molar-refractivity contribution in [2.24, 2.45) is 7.05 Å². The van der Waals surface area contributed by atoms with Gasteiger partial charge in [0.15, 0.2) is 0 Å². The Balaban J connectivity index is 1.90. The lowest BCUT2D eigenvalue weighted by molar-refractivity contribution is 0.742. The van der Waals surface area contributed by atoms with E-state index in [4.69, 9.17) is 5.73 Å². The molecule has 0 spiro atoms. The molecule has 0 amide bonds. The fourth-order valence-electron chi connectivity index (χ4n) is 1.76. The summed E-state index contributed by atoms with van der Waals surface area (Å²) < 4.78 is 1.82. The minimum atomic E-state index is 0.797. The van der Waals surface area contributed by atoms with E-state index in [1.165, 1.54) is 5.56 Å². The summed E-state index contributed by atoms with van der Waals surface area (Å²) in [7, 11) is 1.93. The normalized spacial score (nSPS) is 10.5. The fraction of sp³-hybridized carbons (Fsp3) is 0.308. The van der Waals surface area contributed by atoms with E-state index in [9.17, 15) is 0 Å². The highest BCUT2D eigenvalue weighted by atomic mass is 15.2. The molecule has 0 saturated heterocycles. The number of hydrogen-bond acceptors (Lipinski definition) is 3. The molecule has 0 radical (unpaired) electrons. The molecule has 0 aliphatic carbocycles. The van der Waals surface area contributed by atoms with Crippen molar-refractivity contribution in [2.75, 3.05) is 17.6 Å². The van der Waals surface area contributed by atoms with Crippen LogP contribution < -0.4 is 11.1 Å². The van der Waals surface area contributed by atoms with Crippen LogP contribution >= 0.6 is 0 Å². The Labute approximate surface area is 101 Å². The van der Waals surface area contributed by atoms with E-state index in [2.05, 4.69) is 16.5 Å². The lowest BCUT2D eigenvalue weighted by Gasteiger charge is -2.09. The van der Waals surface area contributed by atoms with Crippen LogP contribution in [0.2, 0.25) is 0 Å². The van der Waals surface area contributed by atoms with Gasteiger partial charge >= 0.3 is 0 Å². The molecule has 0 saturated carbocycles. The average Bonchev–Trinajstić information content (AvgIpc) is 2.68. The molecule has 0 bridgehead atoms. The Hall–Kier alpha value is -1.97. The van der Waals surface area contributed by atoms with Crippen molar-refractivity contribution in [1.29, 1.82) is 0 Å². The van der Waals surface area contributed by atoms with Crippen LogP contribution in [0.4, 0.5) is 11.4 Å². The molecule has 17 heavy (non-hydrogen) atoms. The van der Waals surface area contributed by atoms with Gasteiger partial charge in [-0.05, 0) is 30.7 Å². The number of nitrogens with zero attached hydrogens (tertiary/aromatic N) is 2. The van der Waals surface area contributed by atoms with Gasteiger partial charge in [-0.25, -0.2) is 0 Å². The predicted molar refractivity (Wildman–Crippen MR) is 71.0 cm³/mol. The van der Waals surface area contributed by atoms with Crippen molar-refractivity contribution in [1.82, 2.24) is 9.78 Å². The summed E-state index contributed by atoms with van der Waals surface area (Å²) in [6.07, 6.45) is 2.85. The molecule has 0 aliphatic rings. The number of nitrogens with two attached hydrogens (primary N) is 1. The molecule has 0 aliphatic heterocycles. The first-order valence-corrected chi connectivity index (χ1v) is 5.73. The zero-order chi connectivity index (χ0) is 12.3. The van der Waals surface area contributed by atoms with Crippen molar-refractivity contribution in [3.8, 4) is 0 Å². The molecule has 2 aromatic rings. The number of hydrogen-bond donors (Lipinski definition) is 2. The van der Waals surface area contributed by atoms with Gasteiger partial charge in [-0.2, -0.15) is 5.10 Å². The SMILES string of the molecule is Cc1ccc(NCCc2ccn(C)n2)c(N)c1. The van der Waals surface area contributed by atoms with Crippen molar-refractivity contribution in [3.05, 3.63) is 41.7 Å². The van der Waals surface area contributed by atoms with Crippen LogP contribution in [0.25, 0.3) is 0 Å². The first-order chi connectivity index (χ1) is 8.15. The van der Waals surface area contributed by atoms with E-state index in [0.29, 0.717) is 0 Å². The van der Waals surface area contributed by atoms with Crippen LogP contribution in [0, 0.1) is 6.92 Å². The highest BCUT2D eigenvalue weighted by molar-refractivity contribution is 5.66. The van der Waals surface area contributed by atoms with E-state index in [0.717, 1.165) is 30.0 Å². The summed E-state index contributed by atoms with van der Waals surface area (Å²) in [4.78, 5) is 0. The molecule has 4 nitrogen and oxygen atoms in total. The summed E-state index contributed by atoms with van der Waals surface area (Å²) in [5.74, 6) is 0. The van der Waals surface area contributed by atoms with Gasteiger partial charge in [0.05, 0.1) is 17.1 Å². The second kappa shape index (κ2) is 4.91. The van der Waals surface area contributed by atoms with Crippen molar-refractivity contribution in [3.63, 3.8) is 0 Å². The third kappa shape index (κ3) is 3.00. The van der Waals surface area contributed by atoms with Gasteiger partial charge < -0.3 is 11.1 Å². The zero-order valence-corrected chi connectivity index (χ0v) is 10.3. The molecule has 3 N–H and O–H groups in total. The first kappa shape index (κ1) is 11.5. The van der Waals surface area contributed by atoms with E-state index in [-0.39, 0.29) is 0 Å². The zero-order valence-electron chi connectivity index (χ0n) is 10.3. The average molecular weight is 230 g/mol. The van der Waals surface area contributed by atoms with Gasteiger partial charge in [0.2, 0.25) is 0 Å². The molecule has 0 fully saturated rings. The molecular weight excluding hydrogens is 212 g/mol. The molecule has 2 rings (SSSR count). The second-order valence-electron chi connectivity index (χ2n) is 4.25. The second-order valence-corrected chi connectivity index (χ2v) is 4.25. The molecule has 0 atom stereocenters. The van der Waals surface area contributed by atoms with E-state index >= 15 is 0 Å². The Morgan fingerprint density at radius 3 is 2.82 bits per heavy atom. The molecular formula is C13H18N4. The van der Waals surface area contributed by atoms with E-state index in [1.54, 1.807) is 0 Å². The number of anilines is 2. The highest BCUT2D eigenvalue weighted by Gasteiger charge is 2.00. The van der Waals surface area contributed by atoms with Crippen molar-refractivity contribution < 1.29 is 0 Å². The maximum absolute atomic E-state index is 5.92. The Kier molecular flexibility index (Phi) is 3.32. The van der Waals surface area contributed by atoms with Crippen LogP contribution in [0.1, 0.15) is 11.3 Å². The van der Waals surface area contributed by atoms with Crippen LogP contribution in [0.3, 0.4) is 0 Å². The monoisotopic (exact) mass is 230 g/mol. The lowest BCUT2D eigenvalue weighted by atomic mass is 10.2. The standard InChI is InChI=1S/C13H18N4/c1-10-3-4-13(12(14)9-10)15-7-5-11-6-8-17(2)16-11/h3-4,6,8-9,15H,5,7,14H2,1-2H3. The van der Waals surface area contributed by atoms with Crippen molar-refractivity contribution >= 4 is 11.4 Å². The summed E-state index contributed by atoms with van der Waals surface area (Å²) in [5, 5.41) is 7.65. The number of nitrogen functional groups attached to an aromatic ring is 1. The van der Waals surface area contributed by atoms with Gasteiger partial charge in [0, 0.05) is 26.2 Å². The summed E-state index contributed by atoms with van der Waals surface area (Å²) in [6.45, 7) is 2.87. The number of aryl methyl sites for hydroxylation is 2. The Morgan fingerprint density at radius 2 is 2.18 bits per heavy atom.